The molecule has 2 aromatic heterocycles. The van der Waals surface area contributed by atoms with E-state index in [0.717, 1.165) is 60.7 Å². The van der Waals surface area contributed by atoms with Crippen molar-refractivity contribution in [1.82, 2.24) is 0 Å². The summed E-state index contributed by atoms with van der Waals surface area (Å²) in [5.41, 5.74) is 6.76. The van der Waals surface area contributed by atoms with Crippen LogP contribution in [0.5, 0.6) is 0 Å². The van der Waals surface area contributed by atoms with Crippen LogP contribution >= 0.6 is 0 Å². The summed E-state index contributed by atoms with van der Waals surface area (Å²) in [4.78, 5) is 0. The summed E-state index contributed by atoms with van der Waals surface area (Å²) in [6, 6.07) is 28.5. The van der Waals surface area contributed by atoms with Crippen LogP contribution in [-0.4, -0.2) is 0 Å². The van der Waals surface area contributed by atoms with Crippen LogP contribution in [0.1, 0.15) is 15.2 Å². The molecule has 0 amide bonds. The standard InChI is InChI=1S/C30H24NO/c1-19-15-29-27(24-14-13-22-11-7-8-12-23(22)30(24)32-29)16-26(19)28-17-25(20(2)18-31(28)3)21-9-5-4-6-10-21/h4-18H,1-3H3/q+1/i2D3. The Balaban J connectivity index is 1.63. The molecule has 0 aliphatic carbocycles. The topological polar surface area (TPSA) is 17.0 Å². The first-order valence-electron chi connectivity index (χ1n) is 12.3. The molecule has 0 fully saturated rings. The average molecular weight is 418 g/mol. The lowest BCUT2D eigenvalue weighted by atomic mass is 9.96. The van der Waals surface area contributed by atoms with Crippen molar-refractivity contribution in [3.05, 3.63) is 102 Å². The maximum Gasteiger partial charge on any atom is 0.213 e. The van der Waals surface area contributed by atoms with Gasteiger partial charge in [0.2, 0.25) is 5.69 Å². The Bertz CT molecular complexity index is 1750. The third-order valence-corrected chi connectivity index (χ3v) is 6.34. The van der Waals surface area contributed by atoms with Gasteiger partial charge in [-0.05, 0) is 54.1 Å². The Labute approximate surface area is 191 Å². The van der Waals surface area contributed by atoms with E-state index in [1.54, 1.807) is 6.20 Å². The Morgan fingerprint density at radius 1 is 0.750 bits per heavy atom. The van der Waals surface area contributed by atoms with Gasteiger partial charge < -0.3 is 4.42 Å². The number of hydrogen-bond acceptors (Lipinski definition) is 1. The predicted molar refractivity (Wildman–Crippen MR) is 133 cm³/mol. The number of rotatable bonds is 2. The Hall–Kier alpha value is -3.91. The molecule has 2 heteroatoms. The van der Waals surface area contributed by atoms with Crippen LogP contribution in [-0.2, 0) is 7.05 Å². The first-order chi connectivity index (χ1) is 16.8. The van der Waals surface area contributed by atoms with Crippen molar-refractivity contribution in [2.24, 2.45) is 7.05 Å². The Kier molecular flexibility index (Phi) is 3.49. The van der Waals surface area contributed by atoms with Gasteiger partial charge in [0, 0.05) is 37.5 Å². The zero-order chi connectivity index (χ0) is 24.3. The lowest BCUT2D eigenvalue weighted by Crippen LogP contribution is -2.31. The van der Waals surface area contributed by atoms with Crippen molar-refractivity contribution in [2.75, 3.05) is 0 Å². The second kappa shape index (κ2) is 7.06. The monoisotopic (exact) mass is 417 g/mol. The van der Waals surface area contributed by atoms with Crippen molar-refractivity contribution < 1.29 is 13.1 Å². The van der Waals surface area contributed by atoms with Crippen LogP contribution in [0, 0.1) is 13.8 Å². The number of hydrogen-bond donors (Lipinski definition) is 0. The zero-order valence-corrected chi connectivity index (χ0v) is 18.0. The van der Waals surface area contributed by atoms with E-state index in [2.05, 4.69) is 43.3 Å². The normalized spacial score (nSPS) is 13.4. The SMILES string of the molecule is [2H]C([2H])([2H])c1c[n+](C)c(-c2cc3c(cc2C)oc2c4ccccc4ccc32)cc1-c1ccccc1. The highest BCUT2D eigenvalue weighted by Crippen LogP contribution is 2.37. The summed E-state index contributed by atoms with van der Waals surface area (Å²) < 4.78 is 32.6. The number of benzene rings is 4. The van der Waals surface area contributed by atoms with Gasteiger partial charge in [0.25, 0.3) is 0 Å². The molecule has 0 atom stereocenters. The van der Waals surface area contributed by atoms with Crippen molar-refractivity contribution in [3.63, 3.8) is 0 Å². The van der Waals surface area contributed by atoms with Crippen LogP contribution in [0.25, 0.3) is 55.1 Å². The molecule has 0 N–H and O–H groups in total. The smallest absolute Gasteiger partial charge is 0.213 e. The van der Waals surface area contributed by atoms with E-state index in [0.29, 0.717) is 5.56 Å². The number of fused-ring (bicyclic) bond motifs is 5. The van der Waals surface area contributed by atoms with Crippen LogP contribution in [0.15, 0.2) is 95.5 Å². The minimum absolute atomic E-state index is 0.342. The summed E-state index contributed by atoms with van der Waals surface area (Å²) in [6.07, 6.45) is 1.75. The largest absolute Gasteiger partial charge is 0.455 e. The molecule has 2 heterocycles. The van der Waals surface area contributed by atoms with Gasteiger partial charge in [0.15, 0.2) is 6.20 Å². The van der Waals surface area contributed by atoms with E-state index in [4.69, 9.17) is 8.53 Å². The Morgan fingerprint density at radius 2 is 1.56 bits per heavy atom. The molecule has 4 aromatic carbocycles. The quantitative estimate of drug-likeness (QED) is 0.266. The first kappa shape index (κ1) is 15.8. The summed E-state index contributed by atoms with van der Waals surface area (Å²) in [7, 11) is 1.91. The molecule has 0 radical (unpaired) electrons. The third kappa shape index (κ3) is 2.84. The van der Waals surface area contributed by atoms with Gasteiger partial charge in [-0.25, -0.2) is 4.57 Å². The molecule has 6 aromatic rings. The minimum Gasteiger partial charge on any atom is -0.455 e. The van der Waals surface area contributed by atoms with E-state index in [1.165, 1.54) is 0 Å². The number of aromatic nitrogens is 1. The van der Waals surface area contributed by atoms with Crippen molar-refractivity contribution >= 4 is 32.7 Å². The molecule has 6 rings (SSSR count). The van der Waals surface area contributed by atoms with Gasteiger partial charge in [-0.2, -0.15) is 0 Å². The maximum absolute atomic E-state index is 8.13. The number of aryl methyl sites for hydroxylation is 3. The van der Waals surface area contributed by atoms with Gasteiger partial charge >= 0.3 is 0 Å². The molecular formula is C30H24NO+. The fourth-order valence-electron chi connectivity index (χ4n) is 4.70. The van der Waals surface area contributed by atoms with Crippen molar-refractivity contribution in [3.8, 4) is 22.4 Å². The van der Waals surface area contributed by atoms with Gasteiger partial charge in [-0.1, -0.05) is 60.7 Å². The lowest BCUT2D eigenvalue weighted by molar-refractivity contribution is -0.660. The maximum atomic E-state index is 8.13. The van der Waals surface area contributed by atoms with Crippen LogP contribution in [0.4, 0.5) is 0 Å². The molecule has 0 bridgehead atoms. The van der Waals surface area contributed by atoms with Gasteiger partial charge in [-0.15, -0.1) is 0 Å². The predicted octanol–water partition coefficient (Wildman–Crippen LogP) is 7.51. The van der Waals surface area contributed by atoms with Crippen LogP contribution in [0.3, 0.4) is 0 Å². The molecule has 2 nitrogen and oxygen atoms in total. The highest BCUT2D eigenvalue weighted by Gasteiger charge is 2.19. The number of furan rings is 1. The molecule has 0 aliphatic rings. The first-order valence-corrected chi connectivity index (χ1v) is 10.8. The zero-order valence-electron chi connectivity index (χ0n) is 21.0. The highest BCUT2D eigenvalue weighted by molar-refractivity contribution is 6.15. The molecule has 0 unspecified atom stereocenters. The van der Waals surface area contributed by atoms with Gasteiger partial charge in [0.1, 0.15) is 18.2 Å². The van der Waals surface area contributed by atoms with Crippen molar-refractivity contribution in [1.29, 1.82) is 0 Å². The van der Waals surface area contributed by atoms with E-state index in [-0.39, 0.29) is 0 Å². The average Bonchev–Trinajstić information content (AvgIpc) is 3.21. The number of pyridine rings is 1. The molecule has 0 saturated carbocycles. The Morgan fingerprint density at radius 3 is 2.41 bits per heavy atom. The lowest BCUT2D eigenvalue weighted by Gasteiger charge is -2.10. The summed E-state index contributed by atoms with van der Waals surface area (Å²) in [5.74, 6) is 0. The minimum atomic E-state index is -2.22. The summed E-state index contributed by atoms with van der Waals surface area (Å²) >= 11 is 0. The van der Waals surface area contributed by atoms with E-state index in [9.17, 15) is 0 Å². The second-order valence-corrected chi connectivity index (χ2v) is 8.39. The molecule has 32 heavy (non-hydrogen) atoms. The molecule has 0 aliphatic heterocycles. The van der Waals surface area contributed by atoms with E-state index >= 15 is 0 Å². The number of nitrogens with zero attached hydrogens (tertiary/aromatic N) is 1. The molecule has 154 valence electrons. The van der Waals surface area contributed by atoms with Crippen molar-refractivity contribution in [2.45, 2.75) is 13.8 Å². The second-order valence-electron chi connectivity index (χ2n) is 8.39. The molecule has 0 saturated heterocycles. The van der Waals surface area contributed by atoms with E-state index in [1.807, 2.05) is 60.1 Å². The van der Waals surface area contributed by atoms with Crippen LogP contribution in [0.2, 0.25) is 0 Å². The molecule has 0 spiro atoms. The fraction of sp³-hybridized carbons (Fsp3) is 0.100. The van der Waals surface area contributed by atoms with E-state index < -0.39 is 6.85 Å². The highest BCUT2D eigenvalue weighted by atomic mass is 16.3. The summed E-state index contributed by atoms with van der Waals surface area (Å²) in [5, 5.41) is 4.37. The van der Waals surface area contributed by atoms with Crippen LogP contribution < -0.4 is 4.57 Å². The van der Waals surface area contributed by atoms with Gasteiger partial charge in [0.05, 0.1) is 0 Å². The third-order valence-electron chi connectivity index (χ3n) is 6.34. The molecular weight excluding hydrogens is 390 g/mol. The van der Waals surface area contributed by atoms with Gasteiger partial charge in [-0.3, -0.25) is 0 Å². The fourth-order valence-corrected chi connectivity index (χ4v) is 4.70. The summed E-state index contributed by atoms with van der Waals surface area (Å²) in [6.45, 7) is -0.151.